The van der Waals surface area contributed by atoms with Crippen molar-refractivity contribution >= 4 is 38.6 Å². The average molecular weight is 582 g/mol. The van der Waals surface area contributed by atoms with E-state index in [0.717, 1.165) is 18.9 Å². The SMILES string of the molecule is [2H]C([2H])([2H])Oc1cc(C(=O)NS(=O)(=O)c2ccccc2C)ccc1C([2H])([2H])c1cn(C)c2ccc(NC(=O)OC3([2H])CCCC3)cc12. The molecule has 41 heavy (non-hydrogen) atoms. The number of nitrogens with one attached hydrogen (secondary N) is 2. The number of carbonyl (C=O) groups excluding carboxylic acids is 2. The Morgan fingerprint density at radius 2 is 1.88 bits per heavy atom. The van der Waals surface area contributed by atoms with Crippen molar-refractivity contribution in [2.45, 2.75) is 50.0 Å². The van der Waals surface area contributed by atoms with E-state index >= 15 is 0 Å². The van der Waals surface area contributed by atoms with Crippen molar-refractivity contribution in [2.75, 3.05) is 12.4 Å². The van der Waals surface area contributed by atoms with Gasteiger partial charge in [0.1, 0.15) is 11.8 Å². The van der Waals surface area contributed by atoms with Gasteiger partial charge in [0.05, 0.1) is 17.4 Å². The van der Waals surface area contributed by atoms with E-state index in [2.05, 4.69) is 5.32 Å². The van der Waals surface area contributed by atoms with Gasteiger partial charge in [-0.05, 0) is 85.7 Å². The highest BCUT2D eigenvalue weighted by Crippen LogP contribution is 2.30. The van der Waals surface area contributed by atoms with Crippen LogP contribution in [0.15, 0.2) is 71.8 Å². The van der Waals surface area contributed by atoms with Gasteiger partial charge in [-0.3, -0.25) is 10.1 Å². The van der Waals surface area contributed by atoms with E-state index in [1.165, 1.54) is 36.5 Å². The molecule has 10 heteroatoms. The maximum absolute atomic E-state index is 13.1. The minimum atomic E-state index is -4.29. The number of nitrogens with zero attached hydrogens (tertiary/aromatic N) is 1. The van der Waals surface area contributed by atoms with Gasteiger partial charge in [0.15, 0.2) is 0 Å². The monoisotopic (exact) mass is 581 g/mol. The molecule has 9 nitrogen and oxygen atoms in total. The van der Waals surface area contributed by atoms with Crippen LogP contribution in [0.5, 0.6) is 5.75 Å². The Bertz CT molecular complexity index is 1970. The van der Waals surface area contributed by atoms with Crippen LogP contribution in [0.2, 0.25) is 0 Å². The molecule has 1 aromatic heterocycles. The molecule has 1 fully saturated rings. The molecule has 0 atom stereocenters. The number of ether oxygens (including phenoxy) is 2. The minimum absolute atomic E-state index is 0.0921. The number of carbonyl (C=O) groups is 2. The van der Waals surface area contributed by atoms with E-state index in [0.29, 0.717) is 29.3 Å². The van der Waals surface area contributed by atoms with E-state index in [1.807, 2.05) is 4.72 Å². The van der Waals surface area contributed by atoms with Crippen LogP contribution >= 0.6 is 0 Å². The maximum atomic E-state index is 13.1. The van der Waals surface area contributed by atoms with Crippen molar-refractivity contribution in [2.24, 2.45) is 7.05 Å². The van der Waals surface area contributed by atoms with Gasteiger partial charge in [-0.25, -0.2) is 17.9 Å². The Balaban J connectivity index is 1.50. The van der Waals surface area contributed by atoms with Crippen molar-refractivity contribution < 1.29 is 35.7 Å². The number of benzene rings is 3. The Labute approximate surface area is 247 Å². The highest BCUT2D eigenvalue weighted by atomic mass is 32.2. The fraction of sp³-hybridized carbons (Fsp3) is 0.290. The predicted molar refractivity (Wildman–Crippen MR) is 157 cm³/mol. The van der Waals surface area contributed by atoms with Crippen LogP contribution in [0.1, 0.15) is 61.0 Å². The smallest absolute Gasteiger partial charge is 0.411 e. The summed E-state index contributed by atoms with van der Waals surface area (Å²) in [4.78, 5) is 25.6. The molecular weight excluding hydrogens is 542 g/mol. The number of amides is 2. The lowest BCUT2D eigenvalue weighted by Crippen LogP contribution is -2.31. The maximum Gasteiger partial charge on any atom is 0.411 e. The molecular formula is C31H33N3O6S. The second-order valence-electron chi connectivity index (χ2n) is 9.78. The topological polar surface area (TPSA) is 116 Å². The van der Waals surface area contributed by atoms with Gasteiger partial charge >= 0.3 is 6.09 Å². The number of fused-ring (bicyclic) bond motifs is 1. The fourth-order valence-corrected chi connectivity index (χ4v) is 6.03. The standard InChI is InChI=1S/C31H33N3O6S/c1-20-8-4-7-11-29(20)41(37,38)33-30(35)22-13-12-21(28(17-22)39-3)16-23-19-34(2)27-15-14-24(18-26(23)27)32-31(36)40-25-9-5-6-10-25/h4,7-8,11-15,17-19,25H,5-6,9-10,16H2,1-3H3,(H,32,36)(H,33,35)/i3D3,16D2,25D. The lowest BCUT2D eigenvalue weighted by atomic mass is 10.0. The highest BCUT2D eigenvalue weighted by molar-refractivity contribution is 7.90. The van der Waals surface area contributed by atoms with Gasteiger partial charge in [0, 0.05) is 44.5 Å². The number of methoxy groups -OCH3 is 1. The number of aryl methyl sites for hydroxylation is 2. The summed E-state index contributed by atoms with van der Waals surface area (Å²) < 4.78 is 89.6. The molecule has 2 N–H and O–H groups in total. The number of aromatic nitrogens is 1. The van der Waals surface area contributed by atoms with Crippen LogP contribution in [0.3, 0.4) is 0 Å². The molecule has 1 aliphatic carbocycles. The van der Waals surface area contributed by atoms with Crippen molar-refractivity contribution in [3.63, 3.8) is 0 Å². The second-order valence-corrected chi connectivity index (χ2v) is 11.4. The van der Waals surface area contributed by atoms with Crippen molar-refractivity contribution in [1.29, 1.82) is 0 Å². The Morgan fingerprint density at radius 3 is 2.63 bits per heavy atom. The number of anilines is 1. The van der Waals surface area contributed by atoms with E-state index in [4.69, 9.17) is 17.7 Å². The number of hydrogen-bond donors (Lipinski definition) is 2. The molecule has 1 saturated carbocycles. The summed E-state index contributed by atoms with van der Waals surface area (Å²) >= 11 is 0. The molecule has 0 radical (unpaired) electrons. The summed E-state index contributed by atoms with van der Waals surface area (Å²) in [6.07, 6.45) is -0.564. The number of hydrogen-bond acceptors (Lipinski definition) is 6. The lowest BCUT2D eigenvalue weighted by molar-refractivity contribution is 0.0980. The molecule has 3 aromatic carbocycles. The highest BCUT2D eigenvalue weighted by Gasteiger charge is 2.22. The first-order chi connectivity index (χ1) is 21.9. The second kappa shape index (κ2) is 11.7. The minimum Gasteiger partial charge on any atom is -0.496 e. The van der Waals surface area contributed by atoms with Gasteiger partial charge in [-0.15, -0.1) is 0 Å². The molecule has 4 aromatic rings. The first kappa shape index (κ1) is 21.4. The average Bonchev–Trinajstić information content (AvgIpc) is 3.54. The Kier molecular flexibility index (Phi) is 6.10. The molecule has 1 aliphatic rings. The lowest BCUT2D eigenvalue weighted by Gasteiger charge is -2.13. The Morgan fingerprint density at radius 1 is 1.10 bits per heavy atom. The summed E-state index contributed by atoms with van der Waals surface area (Å²) in [7, 11) is -5.64. The molecule has 0 aliphatic heterocycles. The van der Waals surface area contributed by atoms with E-state index in [9.17, 15) is 18.0 Å². The van der Waals surface area contributed by atoms with Crippen LogP contribution < -0.4 is 14.8 Å². The first-order valence-electron chi connectivity index (χ1n) is 15.9. The molecule has 5 rings (SSSR count). The van der Waals surface area contributed by atoms with Crippen molar-refractivity contribution in [3.05, 3.63) is 89.1 Å². The third-order valence-corrected chi connectivity index (χ3v) is 8.36. The predicted octanol–water partition coefficient (Wildman–Crippen LogP) is 5.70. The quantitative estimate of drug-likeness (QED) is 0.276. The van der Waals surface area contributed by atoms with Crippen LogP contribution in [0, 0.1) is 6.92 Å². The van der Waals surface area contributed by atoms with Gasteiger partial charge < -0.3 is 14.0 Å². The normalized spacial score (nSPS) is 17.3. The Hall–Kier alpha value is -4.31. The summed E-state index contributed by atoms with van der Waals surface area (Å²) in [5, 5.41) is 2.98. The van der Waals surface area contributed by atoms with Gasteiger partial charge in [-0.2, -0.15) is 0 Å². The largest absolute Gasteiger partial charge is 0.496 e. The van der Waals surface area contributed by atoms with Gasteiger partial charge in [0.2, 0.25) is 0 Å². The third-order valence-electron chi connectivity index (χ3n) is 6.87. The van der Waals surface area contributed by atoms with Crippen LogP contribution in [0.4, 0.5) is 10.5 Å². The zero-order valence-corrected chi connectivity index (χ0v) is 23.3. The van der Waals surface area contributed by atoms with E-state index < -0.39 is 47.3 Å². The summed E-state index contributed by atoms with van der Waals surface area (Å²) in [5.41, 5.74) is 0.851. The summed E-state index contributed by atoms with van der Waals surface area (Å²) in [5.74, 6) is -1.57. The third kappa shape index (κ3) is 6.22. The van der Waals surface area contributed by atoms with Crippen molar-refractivity contribution in [1.82, 2.24) is 9.29 Å². The zero-order chi connectivity index (χ0) is 34.4. The molecule has 2 amide bonds. The van der Waals surface area contributed by atoms with Gasteiger partial charge in [-0.1, -0.05) is 24.3 Å². The molecule has 0 bridgehead atoms. The molecule has 0 spiro atoms. The molecule has 0 unspecified atom stereocenters. The molecule has 214 valence electrons. The van der Waals surface area contributed by atoms with Gasteiger partial charge in [0.25, 0.3) is 15.9 Å². The van der Waals surface area contributed by atoms with Crippen molar-refractivity contribution in [3.8, 4) is 5.75 Å². The summed E-state index contributed by atoms with van der Waals surface area (Å²) in [6, 6.07) is 14.2. The van der Waals surface area contributed by atoms with Crippen LogP contribution in [-0.4, -0.2) is 38.1 Å². The van der Waals surface area contributed by atoms with Crippen LogP contribution in [-0.2, 0) is 28.2 Å². The van der Waals surface area contributed by atoms with E-state index in [1.54, 1.807) is 42.8 Å². The van der Waals surface area contributed by atoms with E-state index in [-0.39, 0.29) is 27.3 Å². The molecule has 0 saturated heterocycles. The zero-order valence-electron chi connectivity index (χ0n) is 28.5. The number of sulfonamides is 1. The molecule has 1 heterocycles. The number of rotatable bonds is 8. The summed E-state index contributed by atoms with van der Waals surface area (Å²) in [6.45, 7) is 1.57. The first-order valence-corrected chi connectivity index (χ1v) is 14.4. The van der Waals surface area contributed by atoms with Crippen LogP contribution in [0.25, 0.3) is 10.9 Å². The fourth-order valence-electron chi connectivity index (χ4n) is 4.81.